The van der Waals surface area contributed by atoms with E-state index in [0.29, 0.717) is 10.0 Å². The number of rotatable bonds is 5. The van der Waals surface area contributed by atoms with Crippen LogP contribution in [0.25, 0.3) is 0 Å². The first kappa shape index (κ1) is 15.2. The first-order chi connectivity index (χ1) is 9.58. The molecule has 2 rings (SSSR count). The number of halogens is 2. The molecule has 0 radical (unpaired) electrons. The highest BCUT2D eigenvalue weighted by molar-refractivity contribution is 6.39. The summed E-state index contributed by atoms with van der Waals surface area (Å²) in [5, 5.41) is 4.60. The minimum Gasteiger partial charge on any atom is -0.353 e. The zero-order valence-corrected chi connectivity index (χ0v) is 13.2. The second kappa shape index (κ2) is 6.98. The van der Waals surface area contributed by atoms with Crippen LogP contribution in [-0.4, -0.2) is 25.5 Å². The Hall–Kier alpha value is -1.22. The maximum absolute atomic E-state index is 6.20. The van der Waals surface area contributed by atoms with Crippen molar-refractivity contribution in [1.29, 1.82) is 0 Å². The van der Waals surface area contributed by atoms with Crippen LogP contribution in [-0.2, 0) is 6.42 Å². The van der Waals surface area contributed by atoms with Crippen LogP contribution in [0.5, 0.6) is 0 Å². The Bertz CT molecular complexity index is 562. The van der Waals surface area contributed by atoms with Crippen molar-refractivity contribution < 1.29 is 0 Å². The number of benzene rings is 2. The van der Waals surface area contributed by atoms with Gasteiger partial charge in [-0.25, -0.2) is 0 Å². The Balaban J connectivity index is 2.25. The molecule has 2 aromatic carbocycles. The molecular weight excluding hydrogens is 291 g/mol. The van der Waals surface area contributed by atoms with Crippen LogP contribution in [0.2, 0.25) is 10.0 Å². The van der Waals surface area contributed by atoms with Gasteiger partial charge in [-0.3, -0.25) is 0 Å². The summed E-state index contributed by atoms with van der Waals surface area (Å²) in [6, 6.07) is 13.7. The molecule has 0 saturated heterocycles. The molecule has 2 nitrogen and oxygen atoms in total. The average molecular weight is 309 g/mol. The third kappa shape index (κ3) is 3.89. The van der Waals surface area contributed by atoms with Crippen LogP contribution in [0, 0.1) is 0 Å². The minimum atomic E-state index is 0.625. The summed E-state index contributed by atoms with van der Waals surface area (Å²) in [4.78, 5) is 2.17. The van der Waals surface area contributed by atoms with E-state index in [1.807, 2.05) is 36.4 Å². The maximum Gasteiger partial charge on any atom is 0.0762 e. The Morgan fingerprint density at radius 3 is 2.25 bits per heavy atom. The topological polar surface area (TPSA) is 15.3 Å². The number of hydrogen-bond donors (Lipinski definition) is 1. The van der Waals surface area contributed by atoms with E-state index in [1.54, 1.807) is 0 Å². The lowest BCUT2D eigenvalue weighted by Gasteiger charge is -2.16. The lowest BCUT2D eigenvalue weighted by atomic mass is 10.1. The second-order valence-corrected chi connectivity index (χ2v) is 5.75. The van der Waals surface area contributed by atoms with Crippen LogP contribution < -0.4 is 5.32 Å². The third-order valence-corrected chi connectivity index (χ3v) is 3.70. The Morgan fingerprint density at radius 1 is 0.950 bits per heavy atom. The van der Waals surface area contributed by atoms with Gasteiger partial charge in [0.15, 0.2) is 0 Å². The van der Waals surface area contributed by atoms with Gasteiger partial charge in [-0.2, -0.15) is 0 Å². The van der Waals surface area contributed by atoms with Crippen molar-refractivity contribution in [3.05, 3.63) is 58.1 Å². The van der Waals surface area contributed by atoms with Gasteiger partial charge < -0.3 is 10.2 Å². The van der Waals surface area contributed by atoms with Crippen LogP contribution in [0.4, 0.5) is 11.4 Å². The summed E-state index contributed by atoms with van der Waals surface area (Å²) < 4.78 is 0. The van der Waals surface area contributed by atoms with Crippen LogP contribution in [0.15, 0.2) is 42.5 Å². The molecule has 0 fully saturated rings. The van der Waals surface area contributed by atoms with Gasteiger partial charge in [-0.05, 0) is 44.3 Å². The number of likely N-dealkylation sites (N-methyl/N-ethyl adjacent to an activating group) is 1. The number of nitrogens with zero attached hydrogens (tertiary/aromatic N) is 1. The lowest BCUT2D eigenvalue weighted by molar-refractivity contribution is 0.414. The van der Waals surface area contributed by atoms with Crippen molar-refractivity contribution in [1.82, 2.24) is 4.90 Å². The molecule has 0 amide bonds. The largest absolute Gasteiger partial charge is 0.353 e. The van der Waals surface area contributed by atoms with Crippen LogP contribution >= 0.6 is 23.2 Å². The van der Waals surface area contributed by atoms with Crippen molar-refractivity contribution in [2.45, 2.75) is 6.42 Å². The van der Waals surface area contributed by atoms with Gasteiger partial charge in [0.1, 0.15) is 0 Å². The quantitative estimate of drug-likeness (QED) is 0.850. The summed E-state index contributed by atoms with van der Waals surface area (Å²) in [6.45, 7) is 0.995. The second-order valence-electron chi connectivity index (χ2n) is 4.93. The first-order valence-corrected chi connectivity index (χ1v) is 7.27. The highest BCUT2D eigenvalue weighted by Crippen LogP contribution is 2.33. The Morgan fingerprint density at radius 2 is 1.60 bits per heavy atom. The van der Waals surface area contributed by atoms with E-state index in [9.17, 15) is 0 Å². The Labute approximate surface area is 130 Å². The molecule has 0 aliphatic heterocycles. The maximum atomic E-state index is 6.20. The fourth-order valence-corrected chi connectivity index (χ4v) is 2.45. The van der Waals surface area contributed by atoms with Gasteiger partial charge in [-0.1, -0.05) is 47.5 Å². The van der Waals surface area contributed by atoms with Crippen LogP contribution in [0.3, 0.4) is 0 Å². The molecule has 0 bridgehead atoms. The molecule has 0 atom stereocenters. The van der Waals surface area contributed by atoms with Crippen molar-refractivity contribution in [2.24, 2.45) is 0 Å². The minimum absolute atomic E-state index is 0.625. The highest BCUT2D eigenvalue weighted by Gasteiger charge is 2.08. The van der Waals surface area contributed by atoms with Crippen molar-refractivity contribution in [3.63, 3.8) is 0 Å². The molecular formula is C16H18Cl2N2. The highest BCUT2D eigenvalue weighted by atomic mass is 35.5. The molecule has 0 heterocycles. The van der Waals surface area contributed by atoms with E-state index < -0.39 is 0 Å². The van der Waals surface area contributed by atoms with Gasteiger partial charge in [0.2, 0.25) is 0 Å². The molecule has 0 aliphatic rings. The Kier molecular flexibility index (Phi) is 5.30. The van der Waals surface area contributed by atoms with E-state index in [-0.39, 0.29) is 0 Å². The number of hydrogen-bond acceptors (Lipinski definition) is 2. The van der Waals surface area contributed by atoms with Crippen LogP contribution in [0.1, 0.15) is 5.56 Å². The molecule has 0 saturated carbocycles. The number of nitrogens with one attached hydrogen (secondary N) is 1. The third-order valence-electron chi connectivity index (χ3n) is 3.07. The van der Waals surface area contributed by atoms with Crippen molar-refractivity contribution in [3.8, 4) is 0 Å². The molecule has 1 N–H and O–H groups in total. The van der Waals surface area contributed by atoms with Gasteiger partial charge >= 0.3 is 0 Å². The smallest absolute Gasteiger partial charge is 0.0762 e. The molecule has 0 unspecified atom stereocenters. The summed E-state index contributed by atoms with van der Waals surface area (Å²) >= 11 is 12.4. The number of para-hydroxylation sites is 2. The molecule has 0 aromatic heterocycles. The van der Waals surface area contributed by atoms with E-state index >= 15 is 0 Å². The first-order valence-electron chi connectivity index (χ1n) is 6.51. The molecule has 4 heteroatoms. The summed E-state index contributed by atoms with van der Waals surface area (Å²) in [6.07, 6.45) is 0.970. The van der Waals surface area contributed by atoms with Crippen molar-refractivity contribution >= 4 is 34.6 Å². The van der Waals surface area contributed by atoms with Gasteiger partial charge in [-0.15, -0.1) is 0 Å². The molecule has 106 valence electrons. The normalized spacial score (nSPS) is 10.8. The van der Waals surface area contributed by atoms with Gasteiger partial charge in [0.05, 0.1) is 15.7 Å². The zero-order chi connectivity index (χ0) is 14.5. The van der Waals surface area contributed by atoms with Gasteiger partial charge in [0, 0.05) is 12.2 Å². The predicted molar refractivity (Wildman–Crippen MR) is 88.4 cm³/mol. The fourth-order valence-electron chi connectivity index (χ4n) is 1.96. The van der Waals surface area contributed by atoms with E-state index in [1.165, 1.54) is 5.56 Å². The summed E-state index contributed by atoms with van der Waals surface area (Å²) in [7, 11) is 4.14. The van der Waals surface area contributed by atoms with E-state index in [2.05, 4.69) is 30.4 Å². The SMILES string of the molecule is CN(C)CCc1ccccc1Nc1c(Cl)cccc1Cl. The molecule has 2 aromatic rings. The lowest BCUT2D eigenvalue weighted by Crippen LogP contribution is -2.15. The summed E-state index contributed by atoms with van der Waals surface area (Å²) in [5.74, 6) is 0. The zero-order valence-electron chi connectivity index (χ0n) is 11.7. The van der Waals surface area contributed by atoms with E-state index in [4.69, 9.17) is 23.2 Å². The van der Waals surface area contributed by atoms with E-state index in [0.717, 1.165) is 24.3 Å². The van der Waals surface area contributed by atoms with Crippen molar-refractivity contribution in [2.75, 3.05) is 26.0 Å². The molecule has 0 spiro atoms. The monoisotopic (exact) mass is 308 g/mol. The number of anilines is 2. The molecule has 0 aliphatic carbocycles. The fraction of sp³-hybridized carbons (Fsp3) is 0.250. The van der Waals surface area contributed by atoms with Gasteiger partial charge in [0.25, 0.3) is 0 Å². The summed E-state index contributed by atoms with van der Waals surface area (Å²) in [5.41, 5.74) is 3.05. The predicted octanol–water partition coefficient (Wildman–Crippen LogP) is 4.84. The molecule has 20 heavy (non-hydrogen) atoms. The average Bonchev–Trinajstić information content (AvgIpc) is 2.42. The standard InChI is InChI=1S/C16H18Cl2N2/c1-20(2)11-10-12-6-3-4-9-15(12)19-16-13(17)7-5-8-14(16)18/h3-9,19H,10-11H2,1-2H3.